The lowest BCUT2D eigenvalue weighted by Gasteiger charge is -2.28. The van der Waals surface area contributed by atoms with Crippen molar-refractivity contribution in [3.63, 3.8) is 0 Å². The van der Waals surface area contributed by atoms with E-state index in [-0.39, 0.29) is 14.2 Å². The van der Waals surface area contributed by atoms with Crippen LogP contribution in [-0.2, 0) is 0 Å². The maximum Gasteiger partial charge on any atom is 0.0837 e. The van der Waals surface area contributed by atoms with Crippen molar-refractivity contribution < 1.29 is 0 Å². The van der Waals surface area contributed by atoms with Crippen LogP contribution in [0.4, 0.5) is 0 Å². The molecule has 0 aliphatic rings. The van der Waals surface area contributed by atoms with Crippen molar-refractivity contribution in [1.82, 2.24) is 4.83 Å². The highest BCUT2D eigenvalue weighted by molar-refractivity contribution is 8.10. The maximum absolute atomic E-state index is 10.5. The minimum Gasteiger partial charge on any atom is -0.754 e. The molecule has 5 heteroatoms. The fraction of sp³-hybridized carbons (Fsp3) is 0.333. The first-order chi connectivity index (χ1) is 3.68. The van der Waals surface area contributed by atoms with E-state index in [9.17, 15) is 5.21 Å². The summed E-state index contributed by atoms with van der Waals surface area (Å²) >= 11 is 0. The second-order valence-corrected chi connectivity index (χ2v) is 4.45. The van der Waals surface area contributed by atoms with Gasteiger partial charge in [0.15, 0.2) is 0 Å². The zero-order valence-corrected chi connectivity index (χ0v) is 6.64. The number of hydrogen-bond acceptors (Lipinski definition) is 3. The molecular weight excluding hydrogens is 142 g/mol. The van der Waals surface area contributed by atoms with Crippen LogP contribution in [0.5, 0.6) is 0 Å². The molecule has 0 aromatic carbocycles. The van der Waals surface area contributed by atoms with Crippen LogP contribution < -0.4 is 5.73 Å². The lowest BCUT2D eigenvalue weighted by molar-refractivity contribution is 0.763. The van der Waals surface area contributed by atoms with Crippen LogP contribution in [0.2, 0.25) is 0 Å². The van der Waals surface area contributed by atoms with E-state index < -0.39 is 0 Å². The lowest BCUT2D eigenvalue weighted by Crippen LogP contribution is -2.09. The topological polar surface area (TPSA) is 52.3 Å². The normalized spacial score (nSPS) is 11.8. The largest absolute Gasteiger partial charge is 0.754 e. The summed E-state index contributed by atoms with van der Waals surface area (Å²) in [5.74, 6) is 0.109. The summed E-state index contributed by atoms with van der Waals surface area (Å²) in [7, 11) is 0.881. The van der Waals surface area contributed by atoms with E-state index >= 15 is 0 Å². The van der Waals surface area contributed by atoms with E-state index in [2.05, 4.69) is 6.58 Å². The number of rotatable bonds is 3. The van der Waals surface area contributed by atoms with Crippen LogP contribution in [0.3, 0.4) is 0 Å². The molecule has 2 atom stereocenters. The molecule has 0 aliphatic carbocycles. The Labute approximate surface area is 52.4 Å². The van der Waals surface area contributed by atoms with E-state index in [0.717, 1.165) is 4.83 Å². The molecule has 2 N–H and O–H groups in total. The average molecular weight is 151 g/mol. The Bertz CT molecular complexity index is 87.4. The van der Waals surface area contributed by atoms with Gasteiger partial charge in [0.1, 0.15) is 0 Å². The zero-order chi connectivity index (χ0) is 6.57. The lowest BCUT2D eigenvalue weighted by atomic mass is 10.9. The summed E-state index contributed by atoms with van der Waals surface area (Å²) in [6.45, 7) is 5.23. The molecule has 2 unspecified atom stereocenters. The first-order valence-corrected chi connectivity index (χ1v) is 5.47. The molecule has 0 spiro atoms. The highest BCUT2D eigenvalue weighted by atomic mass is 32.0. The Morgan fingerprint density at radius 1 is 1.88 bits per heavy atom. The van der Waals surface area contributed by atoms with Crippen molar-refractivity contribution >= 4 is 16.7 Å². The van der Waals surface area contributed by atoms with E-state index in [1.165, 1.54) is 0 Å². The molecule has 48 valence electrons. The van der Waals surface area contributed by atoms with Gasteiger partial charge in [0.25, 0.3) is 0 Å². The Hall–Kier alpha value is 0.160. The predicted molar refractivity (Wildman–Crippen MR) is 41.1 cm³/mol. The SMILES string of the molecule is C=C(N)N([O-])PPC. The Balaban J connectivity index is 3.32. The second-order valence-electron chi connectivity index (χ2n) is 1.15. The summed E-state index contributed by atoms with van der Waals surface area (Å²) in [6.07, 6.45) is 0. The molecule has 0 heterocycles. The summed E-state index contributed by atoms with van der Waals surface area (Å²) in [6, 6.07) is 0. The molecule has 0 bridgehead atoms. The highest BCUT2D eigenvalue weighted by Gasteiger charge is 1.84. The van der Waals surface area contributed by atoms with Crippen LogP contribution in [0, 0.1) is 5.21 Å². The number of hydrogen-bond donors (Lipinski definition) is 1. The average Bonchev–Trinajstić information content (AvgIpc) is 1.67. The number of hydroxylamine groups is 1. The van der Waals surface area contributed by atoms with Crippen LogP contribution in [0.15, 0.2) is 12.4 Å². The molecule has 0 fully saturated rings. The molecule has 0 aromatic heterocycles. The fourth-order valence-corrected chi connectivity index (χ4v) is 1.56. The molecular formula is C3H9N2OP2-. The van der Waals surface area contributed by atoms with Crippen molar-refractivity contribution in [3.8, 4) is 0 Å². The van der Waals surface area contributed by atoms with Gasteiger partial charge in [0.05, 0.1) is 5.82 Å². The highest BCUT2D eigenvalue weighted by Crippen LogP contribution is 2.37. The van der Waals surface area contributed by atoms with Crippen LogP contribution >= 0.6 is 16.7 Å². The second kappa shape index (κ2) is 4.08. The fourth-order valence-electron chi connectivity index (χ4n) is 0.173. The first kappa shape index (κ1) is 8.16. The van der Waals surface area contributed by atoms with Gasteiger partial charge in [-0.15, -0.1) is 0 Å². The van der Waals surface area contributed by atoms with Crippen molar-refractivity contribution in [2.45, 2.75) is 0 Å². The molecule has 0 rings (SSSR count). The van der Waals surface area contributed by atoms with Crippen molar-refractivity contribution in [1.29, 1.82) is 0 Å². The van der Waals surface area contributed by atoms with Gasteiger partial charge in [-0.1, -0.05) is 14.8 Å². The Morgan fingerprint density at radius 3 is 2.50 bits per heavy atom. The minimum absolute atomic E-state index is 0.109. The van der Waals surface area contributed by atoms with Gasteiger partial charge in [-0.05, 0) is 15.1 Å². The van der Waals surface area contributed by atoms with Gasteiger partial charge in [-0.25, -0.2) is 0 Å². The quantitative estimate of drug-likeness (QED) is 0.484. The van der Waals surface area contributed by atoms with E-state index in [4.69, 9.17) is 5.73 Å². The summed E-state index contributed by atoms with van der Waals surface area (Å²) < 4.78 is 0. The predicted octanol–water partition coefficient (Wildman–Crippen LogP) is 1.03. The Morgan fingerprint density at radius 2 is 2.38 bits per heavy atom. The number of nitrogens with two attached hydrogens (primary N) is 1. The smallest absolute Gasteiger partial charge is 0.0837 e. The third-order valence-electron chi connectivity index (χ3n) is 0.474. The molecule has 0 aromatic rings. The molecule has 3 nitrogen and oxygen atoms in total. The van der Waals surface area contributed by atoms with Gasteiger partial charge in [0.2, 0.25) is 0 Å². The van der Waals surface area contributed by atoms with Gasteiger partial charge in [0, 0.05) is 0 Å². The van der Waals surface area contributed by atoms with E-state index in [0.29, 0.717) is 8.27 Å². The molecule has 0 amide bonds. The van der Waals surface area contributed by atoms with Gasteiger partial charge >= 0.3 is 0 Å². The maximum atomic E-state index is 10.5. The Kier molecular flexibility index (Phi) is 4.16. The molecule has 8 heavy (non-hydrogen) atoms. The standard InChI is InChI=1S/C3H9N2OP2/c1-3(4)5(6)8-7-2/h7-8H,1,4H2,2H3/q-1. The summed E-state index contributed by atoms with van der Waals surface area (Å²) in [4.78, 5) is 0.721. The zero-order valence-electron chi connectivity index (χ0n) is 4.64. The third kappa shape index (κ3) is 3.20. The van der Waals surface area contributed by atoms with Crippen molar-refractivity contribution in [2.75, 3.05) is 6.66 Å². The van der Waals surface area contributed by atoms with Crippen molar-refractivity contribution in [2.24, 2.45) is 5.73 Å². The van der Waals surface area contributed by atoms with Crippen LogP contribution in [0.25, 0.3) is 0 Å². The molecule has 0 saturated heterocycles. The van der Waals surface area contributed by atoms with Crippen LogP contribution in [-0.4, -0.2) is 11.5 Å². The molecule has 0 aliphatic heterocycles. The van der Waals surface area contributed by atoms with Crippen LogP contribution in [0.1, 0.15) is 0 Å². The van der Waals surface area contributed by atoms with Gasteiger partial charge in [-0.3, -0.25) is 0 Å². The summed E-state index contributed by atoms with van der Waals surface area (Å²) in [5, 5.41) is 10.5. The number of nitrogens with zero attached hydrogens (tertiary/aromatic N) is 1. The first-order valence-electron chi connectivity index (χ1n) is 2.02. The van der Waals surface area contributed by atoms with Gasteiger partial charge < -0.3 is 15.8 Å². The summed E-state index contributed by atoms with van der Waals surface area (Å²) in [5.41, 5.74) is 5.05. The third-order valence-corrected chi connectivity index (χ3v) is 2.47. The van der Waals surface area contributed by atoms with E-state index in [1.54, 1.807) is 0 Å². The molecule has 0 radical (unpaired) electrons. The van der Waals surface area contributed by atoms with Crippen molar-refractivity contribution in [3.05, 3.63) is 17.6 Å². The van der Waals surface area contributed by atoms with E-state index in [1.807, 2.05) is 6.66 Å². The van der Waals surface area contributed by atoms with Gasteiger partial charge in [-0.2, -0.15) is 0 Å². The monoisotopic (exact) mass is 151 g/mol. The minimum atomic E-state index is 0.109. The molecule has 0 saturated carbocycles.